The van der Waals surface area contributed by atoms with Crippen LogP contribution >= 0.6 is 12.4 Å². The van der Waals surface area contributed by atoms with E-state index in [9.17, 15) is 14.7 Å². The lowest BCUT2D eigenvalue weighted by Crippen LogP contribution is -2.53. The molecule has 2 aromatic carbocycles. The predicted molar refractivity (Wildman–Crippen MR) is 158 cm³/mol. The predicted octanol–water partition coefficient (Wildman–Crippen LogP) is 5.03. The number of halogens is 1. The number of ether oxygens (including phenoxy) is 1. The summed E-state index contributed by atoms with van der Waals surface area (Å²) in [5.74, 6) is 0.489. The van der Waals surface area contributed by atoms with Crippen molar-refractivity contribution in [3.63, 3.8) is 0 Å². The summed E-state index contributed by atoms with van der Waals surface area (Å²) in [6.07, 6.45) is 5.23. The summed E-state index contributed by atoms with van der Waals surface area (Å²) in [6, 6.07) is 18.8. The molecule has 2 aromatic rings. The number of nitrogens with one attached hydrogen (secondary N) is 3. The maximum absolute atomic E-state index is 13.8. The summed E-state index contributed by atoms with van der Waals surface area (Å²) in [7, 11) is 1.31. The van der Waals surface area contributed by atoms with Crippen molar-refractivity contribution < 1.29 is 19.4 Å². The first kappa shape index (κ1) is 32.6. The zero-order valence-corrected chi connectivity index (χ0v) is 24.3. The highest BCUT2D eigenvalue weighted by Gasteiger charge is 2.37. The smallest absolute Gasteiger partial charge is 0.407 e. The molecule has 0 heterocycles. The van der Waals surface area contributed by atoms with Gasteiger partial charge in [0.1, 0.15) is 6.04 Å². The van der Waals surface area contributed by atoms with Crippen molar-refractivity contribution in [1.82, 2.24) is 16.0 Å². The van der Waals surface area contributed by atoms with Gasteiger partial charge in [-0.15, -0.1) is 12.4 Å². The van der Waals surface area contributed by atoms with Crippen LogP contribution in [-0.4, -0.2) is 55.5 Å². The second-order valence-corrected chi connectivity index (χ2v) is 10.8. The number of benzene rings is 2. The minimum Gasteiger partial charge on any atom is -0.453 e. The Hall–Kier alpha value is -2.61. The van der Waals surface area contributed by atoms with Crippen LogP contribution in [0.25, 0.3) is 0 Å². The second-order valence-electron chi connectivity index (χ2n) is 10.8. The SMILES string of the molecule is COC(=O)N[C@H](C(=O)N[C@H](CCC[C@@H](CO)NCCC(C)C)C1CC1)C(c1ccccc1)c1ccccc1.Cl. The monoisotopic (exact) mass is 559 g/mol. The lowest BCUT2D eigenvalue weighted by Gasteiger charge is -2.30. The first-order valence-electron chi connectivity index (χ1n) is 14.0. The number of methoxy groups -OCH3 is 1. The molecule has 1 fully saturated rings. The third-order valence-electron chi connectivity index (χ3n) is 7.35. The van der Waals surface area contributed by atoms with Crippen molar-refractivity contribution in [2.45, 2.75) is 76.4 Å². The lowest BCUT2D eigenvalue weighted by molar-refractivity contribution is -0.124. The van der Waals surface area contributed by atoms with Gasteiger partial charge in [-0.3, -0.25) is 4.79 Å². The van der Waals surface area contributed by atoms with Crippen molar-refractivity contribution in [3.8, 4) is 0 Å². The van der Waals surface area contributed by atoms with E-state index in [2.05, 4.69) is 29.8 Å². The van der Waals surface area contributed by atoms with E-state index >= 15 is 0 Å². The highest BCUT2D eigenvalue weighted by atomic mass is 35.5. The van der Waals surface area contributed by atoms with Gasteiger partial charge >= 0.3 is 6.09 Å². The molecule has 0 aliphatic heterocycles. The molecule has 216 valence electrons. The molecular formula is C31H46ClN3O4. The standard InChI is InChI=1S/C31H45N3O4.ClH/c1-22(2)19-20-32-26(21-35)15-10-16-27(23-17-18-23)33-30(36)29(34-31(37)38-3)28(24-11-6-4-7-12-24)25-13-8-5-9-14-25;/h4-9,11-14,22-23,26-29,32,35H,10,15-21H2,1-3H3,(H,33,36)(H,34,37);1H/t26-,27+,29-;/m0./s1. The van der Waals surface area contributed by atoms with E-state index in [1.165, 1.54) is 7.11 Å². The second kappa shape index (κ2) is 17.2. The summed E-state index contributed by atoms with van der Waals surface area (Å²) < 4.78 is 4.91. The topological polar surface area (TPSA) is 99.7 Å². The number of aliphatic hydroxyl groups is 1. The molecule has 0 unspecified atom stereocenters. The van der Waals surface area contributed by atoms with Crippen LogP contribution in [0, 0.1) is 11.8 Å². The molecule has 0 bridgehead atoms. The van der Waals surface area contributed by atoms with Gasteiger partial charge in [-0.25, -0.2) is 4.79 Å². The molecular weight excluding hydrogens is 514 g/mol. The van der Waals surface area contributed by atoms with Crippen molar-refractivity contribution in [1.29, 1.82) is 0 Å². The Morgan fingerprint density at radius 1 is 0.923 bits per heavy atom. The number of hydrogen-bond acceptors (Lipinski definition) is 5. The number of carbonyl (C=O) groups excluding carboxylic acids is 2. The molecule has 2 amide bonds. The van der Waals surface area contributed by atoms with Gasteiger partial charge in [0.15, 0.2) is 0 Å². The summed E-state index contributed by atoms with van der Waals surface area (Å²) in [4.78, 5) is 26.2. The van der Waals surface area contributed by atoms with E-state index in [0.717, 1.165) is 56.2 Å². The average Bonchev–Trinajstić information content (AvgIpc) is 3.77. The first-order chi connectivity index (χ1) is 18.4. The zero-order valence-electron chi connectivity index (χ0n) is 23.5. The first-order valence-corrected chi connectivity index (χ1v) is 14.0. The quantitative estimate of drug-likeness (QED) is 0.231. The molecule has 7 nitrogen and oxygen atoms in total. The molecule has 1 aliphatic rings. The van der Waals surface area contributed by atoms with Crippen molar-refractivity contribution in [2.75, 3.05) is 20.3 Å². The van der Waals surface area contributed by atoms with Gasteiger partial charge in [-0.05, 0) is 68.0 Å². The average molecular weight is 560 g/mol. The Balaban J connectivity index is 0.00000533. The fourth-order valence-corrected chi connectivity index (χ4v) is 5.00. The Kier molecular flexibility index (Phi) is 14.3. The van der Waals surface area contributed by atoms with Crippen molar-refractivity contribution in [3.05, 3.63) is 71.8 Å². The van der Waals surface area contributed by atoms with Gasteiger partial charge in [-0.2, -0.15) is 0 Å². The highest BCUT2D eigenvalue weighted by Crippen LogP contribution is 2.35. The normalized spacial score (nSPS) is 15.2. The molecule has 1 saturated carbocycles. The molecule has 0 radical (unpaired) electrons. The molecule has 39 heavy (non-hydrogen) atoms. The number of alkyl carbamates (subject to hydrolysis) is 1. The summed E-state index contributed by atoms with van der Waals surface area (Å²) in [5, 5.41) is 19.4. The summed E-state index contributed by atoms with van der Waals surface area (Å²) in [6.45, 7) is 5.40. The fraction of sp³-hybridized carbons (Fsp3) is 0.548. The third kappa shape index (κ3) is 10.8. The Morgan fingerprint density at radius 3 is 2.00 bits per heavy atom. The van der Waals surface area contributed by atoms with E-state index in [1.54, 1.807) is 0 Å². The molecule has 8 heteroatoms. The number of carbonyl (C=O) groups is 2. The minimum absolute atomic E-state index is 0. The Morgan fingerprint density at radius 2 is 1.51 bits per heavy atom. The zero-order chi connectivity index (χ0) is 27.3. The van der Waals surface area contributed by atoms with Crippen molar-refractivity contribution in [2.24, 2.45) is 11.8 Å². The van der Waals surface area contributed by atoms with Crippen LogP contribution in [0.3, 0.4) is 0 Å². The van der Waals surface area contributed by atoms with Crippen LogP contribution in [0.2, 0.25) is 0 Å². The summed E-state index contributed by atoms with van der Waals surface area (Å²) >= 11 is 0. The van der Waals surface area contributed by atoms with Crippen molar-refractivity contribution >= 4 is 24.4 Å². The largest absolute Gasteiger partial charge is 0.453 e. The lowest BCUT2D eigenvalue weighted by atomic mass is 9.84. The number of amides is 2. The molecule has 0 saturated heterocycles. The van der Waals surface area contributed by atoms with Crippen LogP contribution in [0.4, 0.5) is 4.79 Å². The molecule has 3 atom stereocenters. The van der Waals surface area contributed by atoms with Crippen LogP contribution in [0.15, 0.2) is 60.7 Å². The third-order valence-corrected chi connectivity index (χ3v) is 7.35. The van der Waals surface area contributed by atoms with E-state index in [0.29, 0.717) is 11.8 Å². The van der Waals surface area contributed by atoms with Crippen LogP contribution < -0.4 is 16.0 Å². The summed E-state index contributed by atoms with van der Waals surface area (Å²) in [5.41, 5.74) is 1.88. The van der Waals surface area contributed by atoms with Gasteiger partial charge in [-0.1, -0.05) is 74.5 Å². The van der Waals surface area contributed by atoms with Crippen LogP contribution in [0.1, 0.15) is 69.4 Å². The van der Waals surface area contributed by atoms with Gasteiger partial charge in [0.05, 0.1) is 13.7 Å². The molecule has 1 aliphatic carbocycles. The van der Waals surface area contributed by atoms with E-state index in [-0.39, 0.29) is 42.9 Å². The highest BCUT2D eigenvalue weighted by molar-refractivity contribution is 5.87. The van der Waals surface area contributed by atoms with Gasteiger partial charge in [0.2, 0.25) is 5.91 Å². The van der Waals surface area contributed by atoms with Crippen LogP contribution in [0.5, 0.6) is 0 Å². The Labute approximate surface area is 239 Å². The maximum atomic E-state index is 13.8. The van der Waals surface area contributed by atoms with Crippen LogP contribution in [-0.2, 0) is 9.53 Å². The number of hydrogen-bond donors (Lipinski definition) is 4. The van der Waals surface area contributed by atoms with E-state index in [1.807, 2.05) is 60.7 Å². The fourth-order valence-electron chi connectivity index (χ4n) is 5.00. The van der Waals surface area contributed by atoms with Gasteiger partial charge < -0.3 is 25.8 Å². The number of rotatable bonds is 16. The van der Waals surface area contributed by atoms with Gasteiger partial charge in [0, 0.05) is 18.0 Å². The Bertz CT molecular complexity index is 933. The van der Waals surface area contributed by atoms with E-state index in [4.69, 9.17) is 4.74 Å². The molecule has 4 N–H and O–H groups in total. The molecule has 3 rings (SSSR count). The molecule has 0 aromatic heterocycles. The minimum atomic E-state index is -0.837. The molecule has 0 spiro atoms. The maximum Gasteiger partial charge on any atom is 0.407 e. The number of aliphatic hydroxyl groups excluding tert-OH is 1. The van der Waals surface area contributed by atoms with E-state index < -0.39 is 12.1 Å². The van der Waals surface area contributed by atoms with Gasteiger partial charge in [0.25, 0.3) is 0 Å².